The van der Waals surface area contributed by atoms with Crippen molar-refractivity contribution in [2.24, 2.45) is 0 Å². The summed E-state index contributed by atoms with van der Waals surface area (Å²) < 4.78 is 0.865. The highest BCUT2D eigenvalue weighted by Crippen LogP contribution is 2.27. The molecular weight excluding hydrogens is 314 g/mol. The Bertz CT molecular complexity index is 601. The molecule has 3 nitrogen and oxygen atoms in total. The van der Waals surface area contributed by atoms with E-state index in [1.807, 2.05) is 24.4 Å². The van der Waals surface area contributed by atoms with Crippen molar-refractivity contribution in [3.63, 3.8) is 0 Å². The molecule has 0 bridgehead atoms. The van der Waals surface area contributed by atoms with Crippen LogP contribution in [0.4, 0.5) is 0 Å². The minimum Gasteiger partial charge on any atom is -0.312 e. The second-order valence-electron chi connectivity index (χ2n) is 4.22. The Labute approximate surface area is 119 Å². The van der Waals surface area contributed by atoms with Crippen molar-refractivity contribution in [3.8, 4) is 11.4 Å². The van der Waals surface area contributed by atoms with Crippen LogP contribution in [0.25, 0.3) is 11.4 Å². The molecule has 0 spiro atoms. The van der Waals surface area contributed by atoms with E-state index >= 15 is 0 Å². The lowest BCUT2D eigenvalue weighted by atomic mass is 10.1. The number of hydrogen-bond donors (Lipinski definition) is 1. The lowest BCUT2D eigenvalue weighted by Crippen LogP contribution is -2.24. The van der Waals surface area contributed by atoms with Crippen LogP contribution in [-0.4, -0.2) is 16.5 Å². The smallest absolute Gasteiger partial charge is 0.159 e. The Kier molecular flexibility index (Phi) is 3.33. The van der Waals surface area contributed by atoms with E-state index in [0.29, 0.717) is 5.02 Å². The molecule has 0 saturated heterocycles. The Hall–Kier alpha value is -0.970. The predicted molar refractivity (Wildman–Crippen MR) is 75.6 cm³/mol. The lowest BCUT2D eigenvalue weighted by molar-refractivity contribution is 0.626. The molecule has 18 heavy (non-hydrogen) atoms. The van der Waals surface area contributed by atoms with Crippen LogP contribution in [-0.2, 0) is 13.0 Å². The largest absolute Gasteiger partial charge is 0.312 e. The van der Waals surface area contributed by atoms with E-state index < -0.39 is 0 Å². The van der Waals surface area contributed by atoms with Gasteiger partial charge in [0, 0.05) is 41.3 Å². The molecule has 0 fully saturated rings. The number of nitrogens with one attached hydrogen (secondary N) is 1. The Morgan fingerprint density at radius 1 is 1.33 bits per heavy atom. The van der Waals surface area contributed by atoms with E-state index in [1.165, 1.54) is 5.56 Å². The summed E-state index contributed by atoms with van der Waals surface area (Å²) in [6.07, 6.45) is 2.87. The fourth-order valence-corrected chi connectivity index (χ4v) is 2.51. The third kappa shape index (κ3) is 2.28. The molecule has 1 aromatic carbocycles. The maximum absolute atomic E-state index is 5.99. The zero-order valence-electron chi connectivity index (χ0n) is 9.58. The van der Waals surface area contributed by atoms with Crippen LogP contribution in [0.3, 0.4) is 0 Å². The van der Waals surface area contributed by atoms with E-state index in [0.717, 1.165) is 41.1 Å². The lowest BCUT2D eigenvalue weighted by Gasteiger charge is -2.16. The van der Waals surface area contributed by atoms with Gasteiger partial charge in [-0.05, 0) is 34.1 Å². The van der Waals surface area contributed by atoms with Gasteiger partial charge >= 0.3 is 0 Å². The number of fused-ring (bicyclic) bond motifs is 1. The van der Waals surface area contributed by atoms with E-state index in [2.05, 4.69) is 31.2 Å². The summed E-state index contributed by atoms with van der Waals surface area (Å²) in [6, 6.07) is 5.74. The summed E-state index contributed by atoms with van der Waals surface area (Å²) in [5, 5.41) is 4.01. The highest BCUT2D eigenvalue weighted by Gasteiger charge is 2.12. The third-order valence-corrected chi connectivity index (χ3v) is 4.20. The van der Waals surface area contributed by atoms with Crippen LogP contribution in [0.15, 0.2) is 28.9 Å². The van der Waals surface area contributed by atoms with Crippen LogP contribution >= 0.6 is 27.5 Å². The first-order valence-corrected chi connectivity index (χ1v) is 6.92. The number of nitrogens with zero attached hydrogens (tertiary/aromatic N) is 2. The number of rotatable bonds is 1. The highest BCUT2D eigenvalue weighted by molar-refractivity contribution is 9.10. The van der Waals surface area contributed by atoms with Gasteiger partial charge in [0.1, 0.15) is 0 Å². The highest BCUT2D eigenvalue weighted by atomic mass is 79.9. The minimum absolute atomic E-state index is 0.695. The van der Waals surface area contributed by atoms with Crippen LogP contribution in [0.5, 0.6) is 0 Å². The fraction of sp³-hybridized carbons (Fsp3) is 0.231. The van der Waals surface area contributed by atoms with E-state index in [1.54, 1.807) is 0 Å². The molecule has 2 heterocycles. The zero-order chi connectivity index (χ0) is 12.5. The SMILES string of the molecule is Clc1ccc(-c2ncc3c(n2)CCNC3)cc1Br. The Morgan fingerprint density at radius 3 is 3.06 bits per heavy atom. The molecule has 5 heteroatoms. The molecule has 2 aromatic rings. The van der Waals surface area contributed by atoms with Gasteiger partial charge in [-0.15, -0.1) is 0 Å². The van der Waals surface area contributed by atoms with Crippen LogP contribution in [0.1, 0.15) is 11.3 Å². The maximum atomic E-state index is 5.99. The topological polar surface area (TPSA) is 37.8 Å². The van der Waals surface area contributed by atoms with Gasteiger partial charge in [-0.25, -0.2) is 9.97 Å². The van der Waals surface area contributed by atoms with Gasteiger partial charge < -0.3 is 5.32 Å². The summed E-state index contributed by atoms with van der Waals surface area (Å²) in [6.45, 7) is 1.84. The first kappa shape index (κ1) is 12.1. The van der Waals surface area contributed by atoms with Gasteiger partial charge in [-0.1, -0.05) is 11.6 Å². The molecule has 1 aromatic heterocycles. The normalized spacial score (nSPS) is 14.3. The summed E-state index contributed by atoms with van der Waals surface area (Å²) in [5.41, 5.74) is 3.32. The number of aromatic nitrogens is 2. The number of benzene rings is 1. The van der Waals surface area contributed by atoms with Gasteiger partial charge in [0.15, 0.2) is 5.82 Å². The fourth-order valence-electron chi connectivity index (χ4n) is 2.01. The zero-order valence-corrected chi connectivity index (χ0v) is 11.9. The predicted octanol–water partition coefficient (Wildman–Crippen LogP) is 3.21. The maximum Gasteiger partial charge on any atom is 0.159 e. The second-order valence-corrected chi connectivity index (χ2v) is 5.48. The second kappa shape index (κ2) is 4.96. The van der Waals surface area contributed by atoms with E-state index in [-0.39, 0.29) is 0 Å². The first-order valence-electron chi connectivity index (χ1n) is 5.75. The first-order chi connectivity index (χ1) is 8.74. The van der Waals surface area contributed by atoms with Gasteiger partial charge in [-0.2, -0.15) is 0 Å². The van der Waals surface area contributed by atoms with E-state index in [9.17, 15) is 0 Å². The summed E-state index contributed by atoms with van der Waals surface area (Å²) in [5.74, 6) is 0.757. The third-order valence-electron chi connectivity index (χ3n) is 2.99. The molecule has 0 atom stereocenters. The Balaban J connectivity index is 2.03. The standard InChI is InChI=1S/C13H11BrClN3/c14-10-5-8(1-2-11(10)15)13-17-7-9-6-16-4-3-12(9)18-13/h1-2,5,7,16H,3-4,6H2. The summed E-state index contributed by atoms with van der Waals surface area (Å²) in [4.78, 5) is 9.06. The molecule has 0 radical (unpaired) electrons. The Morgan fingerprint density at radius 2 is 2.22 bits per heavy atom. The summed E-state index contributed by atoms with van der Waals surface area (Å²) >= 11 is 9.41. The molecule has 1 aliphatic rings. The van der Waals surface area contributed by atoms with Crippen molar-refractivity contribution in [3.05, 3.63) is 45.1 Å². The molecule has 0 saturated carbocycles. The van der Waals surface area contributed by atoms with Crippen LogP contribution in [0.2, 0.25) is 5.02 Å². The van der Waals surface area contributed by atoms with Crippen molar-refractivity contribution in [1.82, 2.24) is 15.3 Å². The molecule has 0 amide bonds. The van der Waals surface area contributed by atoms with Gasteiger partial charge in [0.25, 0.3) is 0 Å². The average molecular weight is 325 g/mol. The molecule has 0 unspecified atom stereocenters. The molecular formula is C13H11BrClN3. The minimum atomic E-state index is 0.695. The van der Waals surface area contributed by atoms with Crippen LogP contribution < -0.4 is 5.32 Å². The average Bonchev–Trinajstić information content (AvgIpc) is 2.41. The quantitative estimate of drug-likeness (QED) is 0.875. The number of halogens is 2. The van der Waals surface area contributed by atoms with Crippen LogP contribution in [0, 0.1) is 0 Å². The van der Waals surface area contributed by atoms with E-state index in [4.69, 9.17) is 11.6 Å². The molecule has 3 rings (SSSR count). The van der Waals surface area contributed by atoms with Crippen molar-refractivity contribution >= 4 is 27.5 Å². The van der Waals surface area contributed by atoms with Gasteiger partial charge in [0.2, 0.25) is 0 Å². The molecule has 1 N–H and O–H groups in total. The number of hydrogen-bond acceptors (Lipinski definition) is 3. The molecule has 1 aliphatic heterocycles. The van der Waals surface area contributed by atoms with Crippen molar-refractivity contribution < 1.29 is 0 Å². The van der Waals surface area contributed by atoms with Gasteiger partial charge in [-0.3, -0.25) is 0 Å². The van der Waals surface area contributed by atoms with Crippen molar-refractivity contribution in [1.29, 1.82) is 0 Å². The van der Waals surface area contributed by atoms with Crippen molar-refractivity contribution in [2.45, 2.75) is 13.0 Å². The summed E-state index contributed by atoms with van der Waals surface area (Å²) in [7, 11) is 0. The van der Waals surface area contributed by atoms with Crippen molar-refractivity contribution in [2.75, 3.05) is 6.54 Å². The molecule has 0 aliphatic carbocycles. The molecule has 92 valence electrons. The monoisotopic (exact) mass is 323 g/mol. The van der Waals surface area contributed by atoms with Gasteiger partial charge in [0.05, 0.1) is 10.7 Å².